The quantitative estimate of drug-likeness (QED) is 0.353. The van der Waals surface area contributed by atoms with E-state index in [-0.39, 0.29) is 47.0 Å². The van der Waals surface area contributed by atoms with Crippen molar-refractivity contribution in [3.63, 3.8) is 0 Å². The summed E-state index contributed by atoms with van der Waals surface area (Å²) in [6.45, 7) is 2.98. The predicted molar refractivity (Wildman–Crippen MR) is 125 cm³/mol. The van der Waals surface area contributed by atoms with Crippen LogP contribution in [0.2, 0.25) is 0 Å². The van der Waals surface area contributed by atoms with Gasteiger partial charge in [-0.1, -0.05) is 12.1 Å². The molecule has 1 fully saturated rings. The van der Waals surface area contributed by atoms with Gasteiger partial charge in [-0.15, -0.1) is 24.0 Å². The Labute approximate surface area is 192 Å². The van der Waals surface area contributed by atoms with E-state index in [0.29, 0.717) is 19.0 Å². The summed E-state index contributed by atoms with van der Waals surface area (Å²) in [5, 5.41) is 3.05. The lowest BCUT2D eigenvalue weighted by Gasteiger charge is -2.37. The molecule has 1 aliphatic rings. The monoisotopic (exact) mass is 550 g/mol. The second kappa shape index (κ2) is 10.9. The van der Waals surface area contributed by atoms with Crippen LogP contribution in [0.4, 0.5) is 14.5 Å². The van der Waals surface area contributed by atoms with Gasteiger partial charge in [0.1, 0.15) is 16.5 Å². The summed E-state index contributed by atoms with van der Waals surface area (Å²) < 4.78 is 51.6. The largest absolute Gasteiger partial charge is 0.368 e. The van der Waals surface area contributed by atoms with Gasteiger partial charge in [-0.25, -0.2) is 17.2 Å². The smallest absolute Gasteiger partial charge is 0.193 e. The summed E-state index contributed by atoms with van der Waals surface area (Å²) in [5.41, 5.74) is 0.963. The van der Waals surface area contributed by atoms with Crippen molar-refractivity contribution >= 4 is 45.5 Å². The van der Waals surface area contributed by atoms with Crippen LogP contribution in [0, 0.1) is 11.6 Å². The van der Waals surface area contributed by atoms with Crippen molar-refractivity contribution in [3.8, 4) is 0 Å². The Bertz CT molecular complexity index is 963. The molecule has 30 heavy (non-hydrogen) atoms. The topological polar surface area (TPSA) is 65.0 Å². The van der Waals surface area contributed by atoms with Crippen LogP contribution in [0.1, 0.15) is 0 Å². The second-order valence-corrected chi connectivity index (χ2v) is 8.75. The number of benzene rings is 2. The SMILES string of the molecule is CN=C(NCCS(=O)(=O)c1ccccc1F)N1CCN(c2ccc(F)cc2)CC1.I. The summed E-state index contributed by atoms with van der Waals surface area (Å²) in [5.74, 6) is -0.633. The Morgan fingerprint density at radius 3 is 2.27 bits per heavy atom. The maximum atomic E-state index is 13.8. The molecule has 1 N–H and O–H groups in total. The fourth-order valence-corrected chi connectivity index (χ4v) is 4.51. The molecule has 0 aromatic heterocycles. The molecule has 2 aromatic carbocycles. The molecule has 2 aromatic rings. The van der Waals surface area contributed by atoms with Gasteiger partial charge in [0.25, 0.3) is 0 Å². The van der Waals surface area contributed by atoms with Gasteiger partial charge in [-0.3, -0.25) is 4.99 Å². The third-order valence-corrected chi connectivity index (χ3v) is 6.55. The van der Waals surface area contributed by atoms with Crippen LogP contribution >= 0.6 is 24.0 Å². The first-order valence-electron chi connectivity index (χ1n) is 9.34. The van der Waals surface area contributed by atoms with E-state index < -0.39 is 15.7 Å². The zero-order valence-corrected chi connectivity index (χ0v) is 19.7. The van der Waals surface area contributed by atoms with Gasteiger partial charge in [0.2, 0.25) is 0 Å². The molecule has 1 aliphatic heterocycles. The third kappa shape index (κ3) is 6.03. The minimum absolute atomic E-state index is 0. The predicted octanol–water partition coefficient (Wildman–Crippen LogP) is 2.75. The van der Waals surface area contributed by atoms with Crippen molar-refractivity contribution in [3.05, 3.63) is 60.2 Å². The summed E-state index contributed by atoms with van der Waals surface area (Å²) in [4.78, 5) is 8.13. The number of nitrogens with one attached hydrogen (secondary N) is 1. The minimum Gasteiger partial charge on any atom is -0.368 e. The van der Waals surface area contributed by atoms with Gasteiger partial charge in [0, 0.05) is 45.5 Å². The van der Waals surface area contributed by atoms with E-state index in [1.165, 1.54) is 30.3 Å². The van der Waals surface area contributed by atoms with Crippen LogP contribution in [0.15, 0.2) is 58.4 Å². The molecule has 10 heteroatoms. The maximum Gasteiger partial charge on any atom is 0.193 e. The van der Waals surface area contributed by atoms with Crippen molar-refractivity contribution in [2.75, 3.05) is 50.4 Å². The molecule has 0 unspecified atom stereocenters. The van der Waals surface area contributed by atoms with Crippen LogP contribution < -0.4 is 10.2 Å². The average Bonchev–Trinajstić information content (AvgIpc) is 2.72. The highest BCUT2D eigenvalue weighted by atomic mass is 127. The number of aliphatic imine (C=N–C) groups is 1. The van der Waals surface area contributed by atoms with E-state index in [1.54, 1.807) is 19.2 Å². The Kier molecular flexibility index (Phi) is 8.83. The third-order valence-electron chi connectivity index (χ3n) is 4.81. The van der Waals surface area contributed by atoms with Crippen LogP contribution in [0.25, 0.3) is 0 Å². The highest BCUT2D eigenvalue weighted by molar-refractivity contribution is 14.0. The van der Waals surface area contributed by atoms with Crippen LogP contribution in [0.3, 0.4) is 0 Å². The van der Waals surface area contributed by atoms with Crippen molar-refractivity contribution in [1.29, 1.82) is 0 Å². The molecule has 0 saturated carbocycles. The number of hydrogen-bond donors (Lipinski definition) is 1. The number of halogens is 3. The van der Waals surface area contributed by atoms with Gasteiger partial charge in [0.05, 0.1) is 5.75 Å². The highest BCUT2D eigenvalue weighted by Crippen LogP contribution is 2.17. The van der Waals surface area contributed by atoms with E-state index in [1.807, 2.05) is 4.90 Å². The van der Waals surface area contributed by atoms with Crippen molar-refractivity contribution in [2.45, 2.75) is 4.90 Å². The molecule has 0 spiro atoms. The van der Waals surface area contributed by atoms with Crippen LogP contribution in [-0.2, 0) is 9.84 Å². The number of nitrogens with zero attached hydrogens (tertiary/aromatic N) is 3. The fourth-order valence-electron chi connectivity index (χ4n) is 3.26. The van der Waals surface area contributed by atoms with Crippen molar-refractivity contribution in [1.82, 2.24) is 10.2 Å². The Morgan fingerprint density at radius 1 is 1.03 bits per heavy atom. The molecular formula is C20H25F2IN4O2S. The lowest BCUT2D eigenvalue weighted by atomic mass is 10.2. The maximum absolute atomic E-state index is 13.8. The summed E-state index contributed by atoms with van der Waals surface area (Å²) in [7, 11) is -2.08. The number of rotatable bonds is 5. The zero-order chi connectivity index (χ0) is 20.9. The van der Waals surface area contributed by atoms with Crippen molar-refractivity contribution in [2.24, 2.45) is 4.99 Å². The van der Waals surface area contributed by atoms with Crippen LogP contribution in [-0.4, -0.2) is 64.8 Å². The normalized spacial score (nSPS) is 15.0. The number of anilines is 1. The number of hydrogen-bond acceptors (Lipinski definition) is 4. The molecule has 3 rings (SSSR count). The number of guanidine groups is 1. The first-order valence-corrected chi connectivity index (χ1v) is 11.0. The minimum atomic E-state index is -3.72. The number of piperazine rings is 1. The molecule has 1 saturated heterocycles. The Hall–Kier alpha value is -1.95. The molecule has 6 nitrogen and oxygen atoms in total. The van der Waals surface area contributed by atoms with Crippen LogP contribution in [0.5, 0.6) is 0 Å². The van der Waals surface area contributed by atoms with E-state index in [9.17, 15) is 17.2 Å². The summed E-state index contributed by atoms with van der Waals surface area (Å²) in [6, 6.07) is 11.8. The second-order valence-electron chi connectivity index (χ2n) is 6.67. The molecular weight excluding hydrogens is 525 g/mol. The van der Waals surface area contributed by atoms with Gasteiger partial charge in [-0.2, -0.15) is 0 Å². The van der Waals surface area contributed by atoms with E-state index >= 15 is 0 Å². The highest BCUT2D eigenvalue weighted by Gasteiger charge is 2.22. The molecule has 0 radical (unpaired) electrons. The molecule has 0 aliphatic carbocycles. The summed E-state index contributed by atoms with van der Waals surface area (Å²) >= 11 is 0. The lowest BCUT2D eigenvalue weighted by molar-refractivity contribution is 0.373. The Balaban J connectivity index is 0.00000320. The fraction of sp³-hybridized carbons (Fsp3) is 0.350. The molecule has 164 valence electrons. The Morgan fingerprint density at radius 2 is 1.67 bits per heavy atom. The zero-order valence-electron chi connectivity index (χ0n) is 16.6. The van der Waals surface area contributed by atoms with Gasteiger partial charge in [0.15, 0.2) is 15.8 Å². The standard InChI is InChI=1S/C20H24F2N4O2S.HI/c1-23-20(24-10-15-29(27,28)19-5-3-2-4-18(19)22)26-13-11-25(12-14-26)17-8-6-16(21)7-9-17;/h2-9H,10-15H2,1H3,(H,23,24);1H. The van der Waals surface area contributed by atoms with Gasteiger partial charge < -0.3 is 15.1 Å². The van der Waals surface area contributed by atoms with E-state index in [2.05, 4.69) is 15.2 Å². The van der Waals surface area contributed by atoms with Crippen molar-refractivity contribution < 1.29 is 17.2 Å². The lowest BCUT2D eigenvalue weighted by Crippen LogP contribution is -2.53. The molecule has 0 amide bonds. The summed E-state index contributed by atoms with van der Waals surface area (Å²) in [6.07, 6.45) is 0. The molecule has 0 atom stereocenters. The molecule has 1 heterocycles. The first-order chi connectivity index (χ1) is 13.9. The van der Waals surface area contributed by atoms with E-state index in [4.69, 9.17) is 0 Å². The average molecular weight is 550 g/mol. The molecule has 0 bridgehead atoms. The van der Waals surface area contributed by atoms with E-state index in [0.717, 1.165) is 24.8 Å². The van der Waals surface area contributed by atoms with Gasteiger partial charge >= 0.3 is 0 Å². The van der Waals surface area contributed by atoms with Gasteiger partial charge in [-0.05, 0) is 36.4 Å². The first kappa shape index (κ1) is 24.3. The number of sulfone groups is 1.